The molecule has 1 heterocycles. The van der Waals surface area contributed by atoms with Crippen molar-refractivity contribution in [2.24, 2.45) is 0 Å². The summed E-state index contributed by atoms with van der Waals surface area (Å²) in [4.78, 5) is 31.0. The van der Waals surface area contributed by atoms with E-state index in [2.05, 4.69) is 61.0 Å². The number of piperazine rings is 1. The molecule has 0 saturated carbocycles. The van der Waals surface area contributed by atoms with Gasteiger partial charge < -0.3 is 20.1 Å². The van der Waals surface area contributed by atoms with Gasteiger partial charge in [-0.1, -0.05) is 59.2 Å². The number of amides is 1. The first kappa shape index (κ1) is 39.0. The normalized spacial score (nSPS) is 14.7. The number of hydrogen-bond donors (Lipinski definition) is 2. The first-order valence-corrected chi connectivity index (χ1v) is 18.2. The number of esters is 1. The number of aliphatic hydroxyl groups is 1. The van der Waals surface area contributed by atoms with Crippen LogP contribution < -0.4 is 5.32 Å². The van der Waals surface area contributed by atoms with E-state index in [1.807, 2.05) is 48.5 Å². The molecular weight excluding hydrogens is 619 g/mol. The summed E-state index contributed by atoms with van der Waals surface area (Å²) >= 11 is 1.67. The number of nitrogens with zero attached hydrogens (tertiary/aromatic N) is 2. The molecular formula is C40H55N3O4S. The molecule has 0 unspecified atom stereocenters. The van der Waals surface area contributed by atoms with E-state index in [1.54, 1.807) is 17.8 Å². The van der Waals surface area contributed by atoms with Crippen LogP contribution in [0.1, 0.15) is 75.7 Å². The molecule has 260 valence electrons. The van der Waals surface area contributed by atoms with Crippen molar-refractivity contribution in [1.29, 1.82) is 0 Å². The van der Waals surface area contributed by atoms with Gasteiger partial charge in [-0.15, -0.1) is 11.8 Å². The lowest BCUT2D eigenvalue weighted by atomic mass is 10.1. The van der Waals surface area contributed by atoms with Gasteiger partial charge in [0.1, 0.15) is 0 Å². The van der Waals surface area contributed by atoms with Crippen molar-refractivity contribution >= 4 is 35.4 Å². The van der Waals surface area contributed by atoms with Crippen molar-refractivity contribution in [3.05, 3.63) is 101 Å². The van der Waals surface area contributed by atoms with Crippen molar-refractivity contribution in [3.63, 3.8) is 0 Å². The summed E-state index contributed by atoms with van der Waals surface area (Å²) < 4.78 is 5.37. The molecule has 7 nitrogen and oxygen atoms in total. The molecule has 1 aliphatic heterocycles. The van der Waals surface area contributed by atoms with Crippen LogP contribution in [0.25, 0.3) is 6.08 Å². The lowest BCUT2D eigenvalue weighted by molar-refractivity contribution is -0.137. The number of allylic oxidation sites excluding steroid dienone is 5. The number of ether oxygens (including phenoxy) is 1. The van der Waals surface area contributed by atoms with Crippen LogP contribution >= 0.6 is 11.8 Å². The highest BCUT2D eigenvalue weighted by molar-refractivity contribution is 7.99. The van der Waals surface area contributed by atoms with Crippen LogP contribution in [0.3, 0.4) is 0 Å². The van der Waals surface area contributed by atoms with E-state index in [0.717, 1.165) is 87.6 Å². The third-order valence-corrected chi connectivity index (χ3v) is 9.25. The van der Waals surface area contributed by atoms with Crippen LogP contribution in [-0.4, -0.2) is 85.0 Å². The largest absolute Gasteiger partial charge is 0.462 e. The first-order valence-electron chi connectivity index (χ1n) is 17.2. The molecule has 0 bridgehead atoms. The highest BCUT2D eigenvalue weighted by atomic mass is 32.2. The van der Waals surface area contributed by atoms with E-state index in [1.165, 1.54) is 22.8 Å². The maximum atomic E-state index is 13.2. The minimum Gasteiger partial charge on any atom is -0.462 e. The van der Waals surface area contributed by atoms with Crippen LogP contribution in [0, 0.1) is 0 Å². The number of thioether (sulfide) groups is 1. The summed E-state index contributed by atoms with van der Waals surface area (Å²) in [6.07, 6.45) is 15.2. The first-order chi connectivity index (χ1) is 23.2. The minimum absolute atomic E-state index is 0.147. The molecule has 2 aromatic carbocycles. The topological polar surface area (TPSA) is 82.1 Å². The van der Waals surface area contributed by atoms with E-state index in [-0.39, 0.29) is 18.5 Å². The fourth-order valence-electron chi connectivity index (χ4n) is 5.32. The average Bonchev–Trinajstić information content (AvgIpc) is 3.07. The molecule has 1 saturated heterocycles. The molecule has 2 N–H and O–H groups in total. The number of rotatable bonds is 19. The number of hydrogen-bond acceptors (Lipinski definition) is 7. The van der Waals surface area contributed by atoms with Crippen LogP contribution in [-0.2, 0) is 9.53 Å². The quantitative estimate of drug-likeness (QED) is 0.0514. The Labute approximate surface area is 292 Å². The Hall–Kier alpha value is -3.43. The van der Waals surface area contributed by atoms with Crippen LogP contribution in [0.4, 0.5) is 5.69 Å². The van der Waals surface area contributed by atoms with E-state index < -0.39 is 0 Å². The average molecular weight is 674 g/mol. The zero-order chi connectivity index (χ0) is 34.6. The van der Waals surface area contributed by atoms with Gasteiger partial charge in [0, 0.05) is 61.7 Å². The monoisotopic (exact) mass is 673 g/mol. The van der Waals surface area contributed by atoms with Gasteiger partial charge in [-0.25, -0.2) is 4.79 Å². The van der Waals surface area contributed by atoms with Crippen molar-refractivity contribution in [2.75, 3.05) is 63.6 Å². The number of carbonyl (C=O) groups is 2. The van der Waals surface area contributed by atoms with Gasteiger partial charge in [-0.2, -0.15) is 0 Å². The van der Waals surface area contributed by atoms with Crippen molar-refractivity contribution in [3.8, 4) is 0 Å². The number of nitrogens with one attached hydrogen (secondary N) is 1. The fraction of sp³-hybridized carbons (Fsp3) is 0.450. The Bertz CT molecular complexity index is 1400. The predicted molar refractivity (Wildman–Crippen MR) is 202 cm³/mol. The summed E-state index contributed by atoms with van der Waals surface area (Å²) in [7, 11) is 0. The Morgan fingerprint density at radius 2 is 1.50 bits per heavy atom. The molecule has 1 aliphatic rings. The van der Waals surface area contributed by atoms with Gasteiger partial charge in [0.15, 0.2) is 0 Å². The van der Waals surface area contributed by atoms with Crippen molar-refractivity contribution in [2.45, 2.75) is 64.7 Å². The maximum Gasteiger partial charge on any atom is 0.330 e. The zero-order valence-corrected chi connectivity index (χ0v) is 30.2. The smallest absolute Gasteiger partial charge is 0.330 e. The van der Waals surface area contributed by atoms with Gasteiger partial charge >= 0.3 is 5.97 Å². The molecule has 8 heteroatoms. The zero-order valence-electron chi connectivity index (χ0n) is 29.4. The van der Waals surface area contributed by atoms with E-state index in [9.17, 15) is 9.59 Å². The molecule has 1 amide bonds. The highest BCUT2D eigenvalue weighted by Crippen LogP contribution is 2.25. The fourth-order valence-corrected chi connectivity index (χ4v) is 6.36. The third-order valence-electron chi connectivity index (χ3n) is 8.25. The number of benzene rings is 2. The molecule has 0 aliphatic carbocycles. The van der Waals surface area contributed by atoms with Crippen molar-refractivity contribution in [1.82, 2.24) is 9.80 Å². The van der Waals surface area contributed by atoms with Gasteiger partial charge in [-0.3, -0.25) is 9.69 Å². The Morgan fingerprint density at radius 3 is 2.19 bits per heavy atom. The number of β-amino-alcohol motifs (C(OH)–C–C–N with tert-alkyl or cyclic N) is 1. The van der Waals surface area contributed by atoms with Crippen LogP contribution in [0.15, 0.2) is 94.4 Å². The Balaban J connectivity index is 1.38. The van der Waals surface area contributed by atoms with Gasteiger partial charge in [0.2, 0.25) is 0 Å². The summed E-state index contributed by atoms with van der Waals surface area (Å²) in [6.45, 7) is 14.8. The van der Waals surface area contributed by atoms with E-state index in [0.29, 0.717) is 17.9 Å². The molecule has 0 aromatic heterocycles. The summed E-state index contributed by atoms with van der Waals surface area (Å²) in [5.74, 6) is 0.301. The van der Waals surface area contributed by atoms with Crippen LogP contribution in [0.2, 0.25) is 0 Å². The van der Waals surface area contributed by atoms with Crippen molar-refractivity contribution < 1.29 is 19.4 Å². The summed E-state index contributed by atoms with van der Waals surface area (Å²) in [6, 6.07) is 15.1. The maximum absolute atomic E-state index is 13.2. The lowest BCUT2D eigenvalue weighted by Crippen LogP contribution is -2.47. The second kappa shape index (κ2) is 22.3. The molecule has 48 heavy (non-hydrogen) atoms. The standard InChI is InChI=1S/C40H55N3O4S/c1-32(2)10-7-11-33(3)12-8-13-34(4)22-31-48-38-15-6-5-14-37(38)40(46)41-36-19-16-35(17-20-36)18-21-39(45)47-30-9-23-42-24-26-43(27-25-42)28-29-44/h5-6,10,12,14-22,44H,7-9,11,13,23-31H2,1-4H3,(H,41,46)/b21-18+,33-12+,34-22+. The summed E-state index contributed by atoms with van der Waals surface area (Å²) in [5.41, 5.74) is 6.37. The number of anilines is 1. The lowest BCUT2D eigenvalue weighted by Gasteiger charge is -2.34. The highest BCUT2D eigenvalue weighted by Gasteiger charge is 2.16. The second-order valence-corrected chi connectivity index (χ2v) is 13.7. The molecule has 1 fully saturated rings. The SMILES string of the molecule is CC(C)=CCC/C(C)=C/CC/C(C)=C/CSc1ccccc1C(=O)Nc1ccc(/C=C/C(=O)OCCCN2CCN(CCO)CC2)cc1. The molecule has 0 radical (unpaired) electrons. The van der Waals surface area contributed by atoms with E-state index in [4.69, 9.17) is 9.84 Å². The molecule has 0 atom stereocenters. The third kappa shape index (κ3) is 15.6. The number of aliphatic hydroxyl groups excluding tert-OH is 1. The van der Waals surface area contributed by atoms with E-state index >= 15 is 0 Å². The number of carbonyl (C=O) groups excluding carboxylic acids is 2. The van der Waals surface area contributed by atoms with Gasteiger partial charge in [-0.05, 0) is 95.7 Å². The molecule has 2 aromatic rings. The minimum atomic E-state index is -0.364. The van der Waals surface area contributed by atoms with Crippen LogP contribution in [0.5, 0.6) is 0 Å². The Morgan fingerprint density at radius 1 is 0.854 bits per heavy atom. The molecule has 0 spiro atoms. The van der Waals surface area contributed by atoms with Gasteiger partial charge in [0.05, 0.1) is 18.8 Å². The Kier molecular flexibility index (Phi) is 18.1. The second-order valence-electron chi connectivity index (χ2n) is 12.6. The summed E-state index contributed by atoms with van der Waals surface area (Å²) in [5, 5.41) is 12.1. The predicted octanol–water partition coefficient (Wildman–Crippen LogP) is 8.01. The molecule has 3 rings (SSSR count). The van der Waals surface area contributed by atoms with Gasteiger partial charge in [0.25, 0.3) is 5.91 Å².